The number of carbonyl (C=O) groups is 2. The van der Waals surface area contributed by atoms with Gasteiger partial charge >= 0.3 is 5.97 Å². The molecule has 0 bridgehead atoms. The molecule has 0 unspecified atom stereocenters. The molecule has 0 saturated heterocycles. The number of ether oxygens (including phenoxy) is 2. The molecule has 3 rings (SSSR count). The van der Waals surface area contributed by atoms with Crippen molar-refractivity contribution in [2.75, 3.05) is 20.7 Å². The van der Waals surface area contributed by atoms with Gasteiger partial charge in [-0.05, 0) is 45.1 Å². The summed E-state index contributed by atoms with van der Waals surface area (Å²) < 4.78 is 16.2. The molecule has 2 aromatic rings. The number of unbranched alkanes of at least 4 members (excludes halogenated alkanes) is 1. The molecule has 1 aliphatic rings. The van der Waals surface area contributed by atoms with Crippen LogP contribution in [0.5, 0.6) is 5.75 Å². The van der Waals surface area contributed by atoms with Crippen LogP contribution in [-0.4, -0.2) is 58.8 Å². The Labute approximate surface area is 253 Å². The van der Waals surface area contributed by atoms with Crippen LogP contribution in [0.15, 0.2) is 77.7 Å². The van der Waals surface area contributed by atoms with Gasteiger partial charge in [-0.25, -0.2) is 9.78 Å². The number of cyclic esters (lactones) is 1. The van der Waals surface area contributed by atoms with E-state index in [9.17, 15) is 19.8 Å². The van der Waals surface area contributed by atoms with Crippen LogP contribution in [-0.2, 0) is 20.7 Å². The Morgan fingerprint density at radius 2 is 1.93 bits per heavy atom. The number of amides is 1. The van der Waals surface area contributed by atoms with Gasteiger partial charge in [0.1, 0.15) is 29.8 Å². The molecule has 1 aliphatic heterocycles. The fourth-order valence-electron chi connectivity index (χ4n) is 4.56. The highest BCUT2D eigenvalue weighted by molar-refractivity contribution is 5.96. The van der Waals surface area contributed by atoms with Crippen molar-refractivity contribution in [1.82, 2.24) is 9.88 Å². The standard InChI is InChI=1S/C34H42N2O7/c1-22-16-17-27-29(30(22)38)34(40)43-32(31(27)39)24(3)19-26-21-42-33(35-26)23(2)15-13-11-9-7-8-10-12-14-18-36(5)28(37)20-25(4)41-6/h7,9,11-14,16-17,20-21,24,31-32,38-39H,2,8,10,15,18-19H2,1,3-6H3/t24-,31+,32-/m0/s1. The molecular weight excluding hydrogens is 548 g/mol. The maximum atomic E-state index is 12.6. The van der Waals surface area contributed by atoms with Gasteiger partial charge in [-0.3, -0.25) is 4.79 Å². The van der Waals surface area contributed by atoms with E-state index in [2.05, 4.69) is 23.7 Å². The number of phenols is 1. The van der Waals surface area contributed by atoms with Gasteiger partial charge in [-0.1, -0.05) is 62.1 Å². The molecule has 1 amide bonds. The van der Waals surface area contributed by atoms with Crippen LogP contribution in [0.4, 0.5) is 0 Å². The quantitative estimate of drug-likeness (QED) is 0.0686. The number of hydrogen-bond donors (Lipinski definition) is 2. The lowest BCUT2D eigenvalue weighted by molar-refractivity contribution is -0.124. The first kappa shape index (κ1) is 33.1. The van der Waals surface area contributed by atoms with Crippen LogP contribution in [0.2, 0.25) is 0 Å². The molecule has 0 aliphatic carbocycles. The molecule has 230 valence electrons. The van der Waals surface area contributed by atoms with E-state index in [-0.39, 0.29) is 23.1 Å². The van der Waals surface area contributed by atoms with Crippen LogP contribution in [0.3, 0.4) is 0 Å². The van der Waals surface area contributed by atoms with Gasteiger partial charge in [0.25, 0.3) is 0 Å². The molecule has 0 spiro atoms. The van der Waals surface area contributed by atoms with Gasteiger partial charge in [-0.15, -0.1) is 0 Å². The summed E-state index contributed by atoms with van der Waals surface area (Å²) in [6, 6.07) is 3.33. The molecule has 0 fully saturated rings. The number of esters is 1. The zero-order valence-electron chi connectivity index (χ0n) is 25.6. The fourth-order valence-corrected chi connectivity index (χ4v) is 4.56. The predicted molar refractivity (Wildman–Crippen MR) is 165 cm³/mol. The van der Waals surface area contributed by atoms with Crippen molar-refractivity contribution in [3.8, 4) is 5.75 Å². The number of benzene rings is 1. The molecule has 3 atom stereocenters. The number of carbonyl (C=O) groups excluding carboxylic acids is 2. The number of hydrogen-bond acceptors (Lipinski definition) is 8. The number of allylic oxidation sites excluding steroid dienone is 7. The highest BCUT2D eigenvalue weighted by Gasteiger charge is 2.39. The number of aliphatic hydroxyl groups excluding tert-OH is 1. The van der Waals surface area contributed by atoms with Crippen molar-refractivity contribution in [3.63, 3.8) is 0 Å². The van der Waals surface area contributed by atoms with Crippen molar-refractivity contribution in [3.05, 3.63) is 102 Å². The zero-order valence-corrected chi connectivity index (χ0v) is 25.6. The van der Waals surface area contributed by atoms with Crippen LogP contribution < -0.4 is 0 Å². The molecule has 0 radical (unpaired) electrons. The van der Waals surface area contributed by atoms with E-state index in [1.54, 1.807) is 44.2 Å². The third-order valence-electron chi connectivity index (χ3n) is 7.25. The number of aliphatic hydroxyl groups is 1. The molecule has 43 heavy (non-hydrogen) atoms. The SMILES string of the molecule is C=C(CC=CC=CCCC=CCN(C)C(=O)C=C(C)OC)c1nc(C[C@H](C)[C@@H]2OC(=O)c3c(ccc(C)c3O)[C@H]2O)co1. The van der Waals surface area contributed by atoms with Crippen LogP contribution in [0.25, 0.3) is 5.57 Å². The summed E-state index contributed by atoms with van der Waals surface area (Å²) >= 11 is 0. The van der Waals surface area contributed by atoms with Gasteiger partial charge < -0.3 is 29.0 Å². The maximum absolute atomic E-state index is 12.6. The first-order valence-corrected chi connectivity index (χ1v) is 14.3. The van der Waals surface area contributed by atoms with Crippen molar-refractivity contribution < 1.29 is 33.7 Å². The first-order chi connectivity index (χ1) is 20.5. The number of aryl methyl sites for hydroxylation is 1. The van der Waals surface area contributed by atoms with Crippen molar-refractivity contribution >= 4 is 17.4 Å². The number of likely N-dealkylation sites (N-methyl/N-ethyl adjacent to an activating group) is 1. The zero-order chi connectivity index (χ0) is 31.5. The second kappa shape index (κ2) is 15.7. The average Bonchev–Trinajstić information content (AvgIpc) is 3.45. The minimum atomic E-state index is -1.06. The minimum absolute atomic E-state index is 0.0237. The van der Waals surface area contributed by atoms with E-state index >= 15 is 0 Å². The van der Waals surface area contributed by atoms with E-state index in [0.29, 0.717) is 47.9 Å². The molecule has 1 aromatic heterocycles. The number of nitrogens with zero attached hydrogens (tertiary/aromatic N) is 2. The molecule has 1 aromatic carbocycles. The third-order valence-corrected chi connectivity index (χ3v) is 7.25. The number of aromatic hydroxyl groups is 1. The lowest BCUT2D eigenvalue weighted by atomic mass is 9.86. The molecule has 2 heterocycles. The van der Waals surface area contributed by atoms with Gasteiger partial charge in [0.15, 0.2) is 0 Å². The normalized spacial score (nSPS) is 17.8. The molecule has 9 nitrogen and oxygen atoms in total. The molecule has 0 saturated carbocycles. The van der Waals surface area contributed by atoms with E-state index < -0.39 is 18.2 Å². The number of oxazole rings is 1. The summed E-state index contributed by atoms with van der Waals surface area (Å²) in [4.78, 5) is 30.7. The van der Waals surface area contributed by atoms with E-state index in [0.717, 1.165) is 18.4 Å². The van der Waals surface area contributed by atoms with Crippen LogP contribution in [0.1, 0.15) is 72.3 Å². The maximum Gasteiger partial charge on any atom is 0.342 e. The highest BCUT2D eigenvalue weighted by atomic mass is 16.6. The first-order valence-electron chi connectivity index (χ1n) is 14.3. The van der Waals surface area contributed by atoms with Gasteiger partial charge in [0, 0.05) is 36.7 Å². The van der Waals surface area contributed by atoms with E-state index in [1.807, 2.05) is 31.2 Å². The summed E-state index contributed by atoms with van der Waals surface area (Å²) in [6.07, 6.45) is 15.9. The predicted octanol–water partition coefficient (Wildman–Crippen LogP) is 6.00. The number of phenolic OH excluding ortho intramolecular Hbond substituents is 1. The van der Waals surface area contributed by atoms with Crippen LogP contribution >= 0.6 is 0 Å². The Balaban J connectivity index is 1.41. The molecule has 2 N–H and O–H groups in total. The van der Waals surface area contributed by atoms with Crippen LogP contribution in [0, 0.1) is 12.8 Å². The minimum Gasteiger partial charge on any atom is -0.507 e. The topological polar surface area (TPSA) is 122 Å². The lowest BCUT2D eigenvalue weighted by Crippen LogP contribution is -2.37. The summed E-state index contributed by atoms with van der Waals surface area (Å²) in [6.45, 7) is 9.91. The van der Waals surface area contributed by atoms with E-state index in [4.69, 9.17) is 13.9 Å². The number of fused-ring (bicyclic) bond motifs is 1. The summed E-state index contributed by atoms with van der Waals surface area (Å²) in [5.74, 6) is -0.147. The Bertz CT molecular complexity index is 1420. The van der Waals surface area contributed by atoms with Gasteiger partial charge in [0.2, 0.25) is 11.8 Å². The van der Waals surface area contributed by atoms with E-state index in [1.165, 1.54) is 13.2 Å². The second-order valence-corrected chi connectivity index (χ2v) is 10.7. The number of aromatic nitrogens is 1. The number of methoxy groups -OCH3 is 1. The van der Waals surface area contributed by atoms with Crippen molar-refractivity contribution in [2.24, 2.45) is 5.92 Å². The Morgan fingerprint density at radius 3 is 2.67 bits per heavy atom. The Hall–Kier alpha value is -4.37. The summed E-state index contributed by atoms with van der Waals surface area (Å²) in [5.41, 5.74) is 2.32. The fraction of sp³-hybridized carbons (Fsp3) is 0.382. The lowest BCUT2D eigenvalue weighted by Gasteiger charge is -2.33. The summed E-state index contributed by atoms with van der Waals surface area (Å²) in [5, 5.41) is 21.2. The second-order valence-electron chi connectivity index (χ2n) is 10.7. The molecular formula is C34H42N2O7. The average molecular weight is 591 g/mol. The largest absolute Gasteiger partial charge is 0.507 e. The monoisotopic (exact) mass is 590 g/mol. The Kier molecular flexibility index (Phi) is 12.1. The smallest absolute Gasteiger partial charge is 0.342 e. The third kappa shape index (κ3) is 9.06. The van der Waals surface area contributed by atoms with Crippen molar-refractivity contribution in [1.29, 1.82) is 0 Å². The van der Waals surface area contributed by atoms with Gasteiger partial charge in [-0.2, -0.15) is 0 Å². The number of rotatable bonds is 14. The molecule has 9 heteroatoms. The highest BCUT2D eigenvalue weighted by Crippen LogP contribution is 2.39. The van der Waals surface area contributed by atoms with Gasteiger partial charge in [0.05, 0.1) is 18.6 Å². The summed E-state index contributed by atoms with van der Waals surface area (Å²) in [7, 11) is 3.29. The van der Waals surface area contributed by atoms with Crippen molar-refractivity contribution in [2.45, 2.75) is 58.7 Å². The Morgan fingerprint density at radius 1 is 1.21 bits per heavy atom.